The number of para-hydroxylation sites is 1. The number of hydrogen-bond acceptors (Lipinski definition) is 2. The summed E-state index contributed by atoms with van der Waals surface area (Å²) in [5.41, 5.74) is 2.91. The summed E-state index contributed by atoms with van der Waals surface area (Å²) in [6.45, 7) is 8.26. The van der Waals surface area contributed by atoms with Gasteiger partial charge in [0.1, 0.15) is 6.04 Å². The van der Waals surface area contributed by atoms with Crippen LogP contribution in [0.3, 0.4) is 0 Å². The van der Waals surface area contributed by atoms with Gasteiger partial charge in [0.15, 0.2) is 0 Å². The van der Waals surface area contributed by atoms with Crippen molar-refractivity contribution >= 4 is 38.7 Å². The van der Waals surface area contributed by atoms with Crippen LogP contribution in [0.5, 0.6) is 0 Å². The summed E-state index contributed by atoms with van der Waals surface area (Å²) in [4.78, 5) is 27.3. The minimum absolute atomic E-state index is 0.213. The van der Waals surface area contributed by atoms with Crippen LogP contribution in [0.15, 0.2) is 64.8 Å². The second-order valence-corrected chi connectivity index (χ2v) is 10.1. The number of rotatable bonds is 11. The van der Waals surface area contributed by atoms with E-state index in [1.807, 2.05) is 37.3 Å². The molecule has 3 N–H and O–H groups in total. The highest BCUT2D eigenvalue weighted by Gasteiger charge is 2.21. The summed E-state index contributed by atoms with van der Waals surface area (Å²) in [6, 6.07) is 6.71. The fourth-order valence-electron chi connectivity index (χ4n) is 3.35. The summed E-state index contributed by atoms with van der Waals surface area (Å²) in [5.74, 6) is -1.45. The van der Waals surface area contributed by atoms with E-state index >= 15 is 0 Å². The second kappa shape index (κ2) is 11.9. The minimum Gasteiger partial charge on any atom is -0.480 e. The topological polar surface area (TPSA) is 82.2 Å². The zero-order chi connectivity index (χ0) is 23.7. The quantitative estimate of drug-likeness (QED) is 0.251. The van der Waals surface area contributed by atoms with E-state index in [9.17, 15) is 14.7 Å². The Morgan fingerprint density at radius 1 is 1.22 bits per heavy atom. The second-order valence-electron chi connectivity index (χ2n) is 8.87. The number of hydrogen-bond donors (Lipinski definition) is 3. The summed E-state index contributed by atoms with van der Waals surface area (Å²) >= 11 is 3.44. The Balaban J connectivity index is 1.95. The lowest BCUT2D eigenvalue weighted by molar-refractivity contribution is -0.141. The Morgan fingerprint density at radius 3 is 2.62 bits per heavy atom. The molecule has 1 atom stereocenters. The van der Waals surface area contributed by atoms with E-state index in [0.717, 1.165) is 40.2 Å². The molecule has 0 bridgehead atoms. The summed E-state index contributed by atoms with van der Waals surface area (Å²) in [6.07, 6.45) is 12.5. The molecule has 6 heteroatoms. The predicted molar refractivity (Wildman–Crippen MR) is 135 cm³/mol. The van der Waals surface area contributed by atoms with Crippen LogP contribution >= 0.6 is 15.9 Å². The zero-order valence-corrected chi connectivity index (χ0v) is 20.8. The van der Waals surface area contributed by atoms with Crippen molar-refractivity contribution in [2.24, 2.45) is 5.41 Å². The normalized spacial score (nSPS) is 14.2. The Morgan fingerprint density at radius 2 is 1.94 bits per heavy atom. The molecule has 32 heavy (non-hydrogen) atoms. The fraction of sp³-hybridized carbons (Fsp3) is 0.385. The minimum atomic E-state index is -1.05. The first kappa shape index (κ1) is 25.7. The Hall–Kier alpha value is -2.60. The van der Waals surface area contributed by atoms with Crippen molar-refractivity contribution in [3.05, 3.63) is 70.4 Å². The standard InChI is InChI=1S/C26H33BrN2O3/c1-18(8-7-9-19(2)27)12-14-26(3,4)15-13-24(30)29-23(25(31)32)16-20-17-28-22-11-6-5-10-21(20)22/h5-6,9-13,15,17,23,28H,7-8,14,16H2,1-4H3,(H,29,30)(H,31,32)/b15-13+,18-12+,19-9+/t23-/m0/s1. The maximum Gasteiger partial charge on any atom is 0.326 e. The first-order chi connectivity index (χ1) is 15.1. The van der Waals surface area contributed by atoms with E-state index in [2.05, 4.69) is 59.2 Å². The lowest BCUT2D eigenvalue weighted by atomic mass is 9.87. The van der Waals surface area contributed by atoms with Crippen molar-refractivity contribution in [2.75, 3.05) is 0 Å². The molecular weight excluding hydrogens is 468 g/mol. The number of aromatic amines is 1. The van der Waals surface area contributed by atoms with Gasteiger partial charge in [-0.2, -0.15) is 0 Å². The molecule has 0 saturated heterocycles. The van der Waals surface area contributed by atoms with Crippen molar-refractivity contribution in [1.82, 2.24) is 10.3 Å². The predicted octanol–water partition coefficient (Wildman–Crippen LogP) is 6.28. The number of allylic oxidation sites excluding steroid dienone is 5. The van der Waals surface area contributed by atoms with E-state index in [-0.39, 0.29) is 11.8 Å². The summed E-state index contributed by atoms with van der Waals surface area (Å²) in [7, 11) is 0. The van der Waals surface area contributed by atoms with Gasteiger partial charge in [-0.3, -0.25) is 4.79 Å². The third-order valence-corrected chi connectivity index (χ3v) is 5.66. The molecule has 0 radical (unpaired) electrons. The van der Waals surface area contributed by atoms with Crippen LogP contribution in [0.2, 0.25) is 0 Å². The molecule has 2 rings (SSSR count). The molecule has 0 aliphatic rings. The summed E-state index contributed by atoms with van der Waals surface area (Å²) < 4.78 is 1.14. The molecule has 0 aliphatic carbocycles. The number of benzene rings is 1. The number of carbonyl (C=O) groups excluding carboxylic acids is 1. The van der Waals surface area contributed by atoms with E-state index in [4.69, 9.17) is 0 Å². The highest BCUT2D eigenvalue weighted by molar-refractivity contribution is 9.11. The first-order valence-electron chi connectivity index (χ1n) is 10.8. The van der Waals surface area contributed by atoms with Gasteiger partial charge in [0, 0.05) is 23.5 Å². The van der Waals surface area contributed by atoms with Crippen LogP contribution in [0, 0.1) is 5.41 Å². The molecule has 1 aromatic heterocycles. The number of aromatic nitrogens is 1. The maximum atomic E-state index is 12.4. The fourth-order valence-corrected chi connectivity index (χ4v) is 3.58. The molecule has 1 heterocycles. The van der Waals surface area contributed by atoms with Crippen LogP contribution < -0.4 is 5.32 Å². The van der Waals surface area contributed by atoms with Crippen LogP contribution in [0.1, 0.15) is 52.5 Å². The van der Waals surface area contributed by atoms with Gasteiger partial charge in [0.25, 0.3) is 0 Å². The van der Waals surface area contributed by atoms with Crippen molar-refractivity contribution < 1.29 is 14.7 Å². The number of fused-ring (bicyclic) bond motifs is 1. The van der Waals surface area contributed by atoms with Gasteiger partial charge in [0.2, 0.25) is 5.91 Å². The molecule has 5 nitrogen and oxygen atoms in total. The molecule has 0 spiro atoms. The highest BCUT2D eigenvalue weighted by Crippen LogP contribution is 2.24. The van der Waals surface area contributed by atoms with Crippen molar-refractivity contribution in [1.29, 1.82) is 0 Å². The van der Waals surface area contributed by atoms with E-state index in [0.29, 0.717) is 0 Å². The largest absolute Gasteiger partial charge is 0.480 e. The SMILES string of the molecule is C/C(Br)=C\CC/C(C)=C/CC(C)(C)/C=C/C(=O)N[C@@H](Cc1c[nH]c2ccccc12)C(=O)O. The third-order valence-electron chi connectivity index (χ3n) is 5.34. The van der Waals surface area contributed by atoms with Crippen molar-refractivity contribution in [3.8, 4) is 0 Å². The van der Waals surface area contributed by atoms with E-state index in [1.165, 1.54) is 11.6 Å². The smallest absolute Gasteiger partial charge is 0.326 e. The van der Waals surface area contributed by atoms with Gasteiger partial charge in [-0.25, -0.2) is 4.79 Å². The number of nitrogens with one attached hydrogen (secondary N) is 2. The molecule has 0 fully saturated rings. The van der Waals surface area contributed by atoms with E-state index in [1.54, 1.807) is 6.20 Å². The average Bonchev–Trinajstić information content (AvgIpc) is 3.13. The van der Waals surface area contributed by atoms with Crippen LogP contribution in [-0.4, -0.2) is 28.0 Å². The van der Waals surface area contributed by atoms with Crippen molar-refractivity contribution in [3.63, 3.8) is 0 Å². The van der Waals surface area contributed by atoms with Crippen LogP contribution in [-0.2, 0) is 16.0 Å². The monoisotopic (exact) mass is 500 g/mol. The number of carbonyl (C=O) groups is 2. The Labute approximate surface area is 198 Å². The van der Waals surface area contributed by atoms with Gasteiger partial charge in [-0.05, 0) is 60.7 Å². The molecule has 0 saturated carbocycles. The molecule has 0 unspecified atom stereocenters. The molecule has 172 valence electrons. The number of carboxylic acid groups (broad SMARTS) is 1. The van der Waals surface area contributed by atoms with Gasteiger partial charge in [-0.15, -0.1) is 0 Å². The van der Waals surface area contributed by atoms with Gasteiger partial charge < -0.3 is 15.4 Å². The molecule has 0 aliphatic heterocycles. The van der Waals surface area contributed by atoms with Gasteiger partial charge in [0.05, 0.1) is 0 Å². The number of amides is 1. The average molecular weight is 501 g/mol. The lowest BCUT2D eigenvalue weighted by Crippen LogP contribution is -2.41. The van der Waals surface area contributed by atoms with Gasteiger partial charge in [-0.1, -0.05) is 71.8 Å². The number of H-pyrrole nitrogens is 1. The van der Waals surface area contributed by atoms with Gasteiger partial charge >= 0.3 is 5.97 Å². The number of halogens is 1. The van der Waals surface area contributed by atoms with Crippen LogP contribution in [0.4, 0.5) is 0 Å². The van der Waals surface area contributed by atoms with Crippen molar-refractivity contribution in [2.45, 2.75) is 59.4 Å². The van der Waals surface area contributed by atoms with E-state index < -0.39 is 17.9 Å². The maximum absolute atomic E-state index is 12.4. The summed E-state index contributed by atoms with van der Waals surface area (Å²) in [5, 5.41) is 13.2. The number of carboxylic acids is 1. The molecule has 1 amide bonds. The van der Waals surface area contributed by atoms with Crippen LogP contribution in [0.25, 0.3) is 10.9 Å². The number of aliphatic carboxylic acids is 1. The zero-order valence-electron chi connectivity index (χ0n) is 19.2. The highest BCUT2D eigenvalue weighted by atomic mass is 79.9. The Kier molecular flexibility index (Phi) is 9.51. The Bertz CT molecular complexity index is 1030. The molecule has 2 aromatic rings. The third kappa shape index (κ3) is 8.50. The molecule has 1 aromatic carbocycles. The lowest BCUT2D eigenvalue weighted by Gasteiger charge is -2.19. The first-order valence-corrected chi connectivity index (χ1v) is 11.6. The molecular formula is C26H33BrN2O3.